The van der Waals surface area contributed by atoms with Crippen molar-refractivity contribution in [2.45, 2.75) is 47.2 Å². The fraction of sp³-hybridized carbons (Fsp3) is 0.571. The van der Waals surface area contributed by atoms with Crippen LogP contribution in [0.5, 0.6) is 0 Å². The molecule has 15 heavy (non-hydrogen) atoms. The molecule has 0 aromatic heterocycles. The highest BCUT2D eigenvalue weighted by Gasteiger charge is 2.05. The lowest BCUT2D eigenvalue weighted by atomic mass is 10.0. The molecule has 84 valence electrons. The molecular weight excluding hydrogens is 182 g/mol. The molecule has 0 aliphatic heterocycles. The van der Waals surface area contributed by atoms with Crippen molar-refractivity contribution in [1.29, 1.82) is 0 Å². The van der Waals surface area contributed by atoms with Gasteiger partial charge in [0.1, 0.15) is 0 Å². The molecule has 0 bridgehead atoms. The predicted octanol–water partition coefficient (Wildman–Crippen LogP) is 3.44. The average molecular weight is 205 g/mol. The van der Waals surface area contributed by atoms with Gasteiger partial charge < -0.3 is 5.32 Å². The third-order valence-electron chi connectivity index (χ3n) is 2.91. The number of hydrogen-bond donors (Lipinski definition) is 1. The number of nitrogens with one attached hydrogen (secondary N) is 1. The zero-order valence-electron chi connectivity index (χ0n) is 10.6. The number of hydrogen-bond acceptors (Lipinski definition) is 1. The summed E-state index contributed by atoms with van der Waals surface area (Å²) in [5.41, 5.74) is 4.09. The molecule has 0 aliphatic rings. The Morgan fingerprint density at radius 1 is 1.00 bits per heavy atom. The van der Waals surface area contributed by atoms with E-state index >= 15 is 0 Å². The van der Waals surface area contributed by atoms with Crippen LogP contribution in [0.25, 0.3) is 0 Å². The first-order valence-electron chi connectivity index (χ1n) is 5.79. The minimum Gasteiger partial charge on any atom is -0.310 e. The molecule has 1 aromatic carbocycles. The second kappa shape index (κ2) is 5.32. The van der Waals surface area contributed by atoms with E-state index in [2.05, 4.69) is 58.1 Å². The maximum Gasteiger partial charge on any atom is 0.0208 e. The Kier molecular flexibility index (Phi) is 4.34. The standard InChI is InChI=1S/C14H23N/c1-10(2)13(5)15-9-14-7-11(3)6-12(4)8-14/h6-8,10,13,15H,9H2,1-5H3. The second-order valence-electron chi connectivity index (χ2n) is 4.91. The fourth-order valence-corrected chi connectivity index (χ4v) is 1.69. The van der Waals surface area contributed by atoms with Gasteiger partial charge in [-0.15, -0.1) is 0 Å². The van der Waals surface area contributed by atoms with Gasteiger partial charge in [-0.1, -0.05) is 43.2 Å². The van der Waals surface area contributed by atoms with Crippen LogP contribution in [0.3, 0.4) is 0 Å². The van der Waals surface area contributed by atoms with Crippen molar-refractivity contribution in [3.05, 3.63) is 34.9 Å². The summed E-state index contributed by atoms with van der Waals surface area (Å²) in [6.45, 7) is 12.0. The molecule has 1 rings (SSSR count). The van der Waals surface area contributed by atoms with Crippen molar-refractivity contribution in [3.8, 4) is 0 Å². The third kappa shape index (κ3) is 4.05. The fourth-order valence-electron chi connectivity index (χ4n) is 1.69. The van der Waals surface area contributed by atoms with Crippen LogP contribution in [-0.4, -0.2) is 6.04 Å². The van der Waals surface area contributed by atoms with Gasteiger partial charge in [0.25, 0.3) is 0 Å². The lowest BCUT2D eigenvalue weighted by molar-refractivity contribution is 0.426. The van der Waals surface area contributed by atoms with E-state index < -0.39 is 0 Å². The zero-order valence-corrected chi connectivity index (χ0v) is 10.6. The Balaban J connectivity index is 2.57. The largest absolute Gasteiger partial charge is 0.310 e. The van der Waals surface area contributed by atoms with E-state index in [1.807, 2.05) is 0 Å². The number of benzene rings is 1. The van der Waals surface area contributed by atoms with Crippen LogP contribution < -0.4 is 5.32 Å². The minimum absolute atomic E-state index is 0.575. The van der Waals surface area contributed by atoms with E-state index in [9.17, 15) is 0 Å². The summed E-state index contributed by atoms with van der Waals surface area (Å²) < 4.78 is 0. The van der Waals surface area contributed by atoms with Crippen LogP contribution in [0.15, 0.2) is 18.2 Å². The molecule has 0 saturated carbocycles. The molecule has 0 heterocycles. The first-order chi connectivity index (χ1) is 6.99. The molecular formula is C14H23N. The monoisotopic (exact) mass is 205 g/mol. The van der Waals surface area contributed by atoms with Crippen LogP contribution in [0.1, 0.15) is 37.5 Å². The normalized spacial score (nSPS) is 13.2. The third-order valence-corrected chi connectivity index (χ3v) is 2.91. The maximum atomic E-state index is 3.55. The second-order valence-corrected chi connectivity index (χ2v) is 4.91. The number of aryl methyl sites for hydroxylation is 2. The molecule has 0 fully saturated rings. The molecule has 1 atom stereocenters. The highest BCUT2D eigenvalue weighted by molar-refractivity contribution is 5.28. The lowest BCUT2D eigenvalue weighted by Crippen LogP contribution is -2.30. The summed E-state index contributed by atoms with van der Waals surface area (Å²) in [6.07, 6.45) is 0. The summed E-state index contributed by atoms with van der Waals surface area (Å²) in [7, 11) is 0. The highest BCUT2D eigenvalue weighted by Crippen LogP contribution is 2.09. The van der Waals surface area contributed by atoms with Gasteiger partial charge in [-0.3, -0.25) is 0 Å². The van der Waals surface area contributed by atoms with E-state index in [0.717, 1.165) is 6.54 Å². The Bertz CT molecular complexity index is 295. The number of rotatable bonds is 4. The Morgan fingerprint density at radius 3 is 2.00 bits per heavy atom. The van der Waals surface area contributed by atoms with Crippen LogP contribution in [-0.2, 0) is 6.54 Å². The van der Waals surface area contributed by atoms with Gasteiger partial charge in [0.2, 0.25) is 0 Å². The van der Waals surface area contributed by atoms with Crippen LogP contribution in [0, 0.1) is 19.8 Å². The predicted molar refractivity (Wildman–Crippen MR) is 67.1 cm³/mol. The van der Waals surface area contributed by atoms with Gasteiger partial charge in [0, 0.05) is 12.6 Å². The van der Waals surface area contributed by atoms with Gasteiger partial charge in [-0.05, 0) is 32.3 Å². The van der Waals surface area contributed by atoms with E-state index in [-0.39, 0.29) is 0 Å². The molecule has 1 nitrogen and oxygen atoms in total. The molecule has 0 saturated heterocycles. The van der Waals surface area contributed by atoms with Gasteiger partial charge >= 0.3 is 0 Å². The van der Waals surface area contributed by atoms with Gasteiger partial charge in [0.15, 0.2) is 0 Å². The maximum absolute atomic E-state index is 3.55. The summed E-state index contributed by atoms with van der Waals surface area (Å²) in [6, 6.07) is 7.31. The van der Waals surface area contributed by atoms with Crippen molar-refractivity contribution < 1.29 is 0 Å². The van der Waals surface area contributed by atoms with Crippen molar-refractivity contribution in [2.24, 2.45) is 5.92 Å². The Labute approximate surface area is 93.9 Å². The summed E-state index contributed by atoms with van der Waals surface area (Å²) in [5.74, 6) is 0.691. The molecule has 0 spiro atoms. The first-order valence-corrected chi connectivity index (χ1v) is 5.79. The van der Waals surface area contributed by atoms with Crippen molar-refractivity contribution >= 4 is 0 Å². The molecule has 0 aliphatic carbocycles. The first kappa shape index (κ1) is 12.3. The van der Waals surface area contributed by atoms with Gasteiger partial charge in [-0.25, -0.2) is 0 Å². The topological polar surface area (TPSA) is 12.0 Å². The summed E-state index contributed by atoms with van der Waals surface area (Å²) in [4.78, 5) is 0. The van der Waals surface area contributed by atoms with Gasteiger partial charge in [-0.2, -0.15) is 0 Å². The zero-order chi connectivity index (χ0) is 11.4. The summed E-state index contributed by atoms with van der Waals surface area (Å²) in [5, 5.41) is 3.55. The Morgan fingerprint density at radius 2 is 1.53 bits per heavy atom. The highest BCUT2D eigenvalue weighted by atomic mass is 14.9. The lowest BCUT2D eigenvalue weighted by Gasteiger charge is -2.17. The Hall–Kier alpha value is -0.820. The van der Waals surface area contributed by atoms with E-state index in [1.54, 1.807) is 0 Å². The quantitative estimate of drug-likeness (QED) is 0.794. The van der Waals surface area contributed by atoms with Crippen LogP contribution >= 0.6 is 0 Å². The molecule has 1 aromatic rings. The van der Waals surface area contributed by atoms with E-state index in [1.165, 1.54) is 16.7 Å². The molecule has 0 radical (unpaired) electrons. The molecule has 1 heteroatoms. The van der Waals surface area contributed by atoms with Crippen molar-refractivity contribution in [1.82, 2.24) is 5.32 Å². The smallest absolute Gasteiger partial charge is 0.0208 e. The van der Waals surface area contributed by atoms with E-state index in [0.29, 0.717) is 12.0 Å². The molecule has 1 N–H and O–H groups in total. The SMILES string of the molecule is Cc1cc(C)cc(CNC(C)C(C)C)c1. The van der Waals surface area contributed by atoms with E-state index in [4.69, 9.17) is 0 Å². The molecule has 0 amide bonds. The summed E-state index contributed by atoms with van der Waals surface area (Å²) >= 11 is 0. The minimum atomic E-state index is 0.575. The van der Waals surface area contributed by atoms with Crippen molar-refractivity contribution in [3.63, 3.8) is 0 Å². The van der Waals surface area contributed by atoms with Crippen molar-refractivity contribution in [2.75, 3.05) is 0 Å². The van der Waals surface area contributed by atoms with Crippen LogP contribution in [0.2, 0.25) is 0 Å². The molecule has 1 unspecified atom stereocenters. The van der Waals surface area contributed by atoms with Gasteiger partial charge in [0.05, 0.1) is 0 Å². The van der Waals surface area contributed by atoms with Crippen LogP contribution in [0.4, 0.5) is 0 Å². The average Bonchev–Trinajstić information content (AvgIpc) is 2.12.